The van der Waals surface area contributed by atoms with E-state index >= 15 is 0 Å². The monoisotopic (exact) mass is 282 g/mol. The van der Waals surface area contributed by atoms with Crippen LogP contribution in [0.3, 0.4) is 0 Å². The number of nitrogens with zero attached hydrogens (tertiary/aromatic N) is 1. The van der Waals surface area contributed by atoms with Gasteiger partial charge in [0.1, 0.15) is 5.75 Å². The van der Waals surface area contributed by atoms with Gasteiger partial charge in [0.25, 0.3) is 0 Å². The molecule has 0 atom stereocenters. The van der Waals surface area contributed by atoms with Gasteiger partial charge in [-0.2, -0.15) is 0 Å². The minimum atomic E-state index is -0.319. The van der Waals surface area contributed by atoms with Gasteiger partial charge >= 0.3 is 0 Å². The maximum Gasteiger partial charge on any atom is 0.201 e. The van der Waals surface area contributed by atoms with Gasteiger partial charge in [0.05, 0.1) is 27.2 Å². The summed E-state index contributed by atoms with van der Waals surface area (Å²) in [7, 11) is 0. The number of phenolic OH excluding ortho intramolecular Hbond substituents is 1. The van der Waals surface area contributed by atoms with E-state index in [0.29, 0.717) is 5.69 Å². The van der Waals surface area contributed by atoms with Crippen LogP contribution in [0.1, 0.15) is 6.42 Å². The van der Waals surface area contributed by atoms with Crippen molar-refractivity contribution in [3.05, 3.63) is 34.3 Å². The molecule has 0 aliphatic heterocycles. The molecule has 18 heavy (non-hydrogen) atoms. The Labute approximate surface area is 113 Å². The van der Waals surface area contributed by atoms with E-state index in [1.807, 2.05) is 0 Å². The quantitative estimate of drug-likeness (QED) is 0.830. The van der Waals surface area contributed by atoms with Gasteiger partial charge in [-0.05, 0) is 18.2 Å². The molecule has 1 aromatic rings. The average molecular weight is 283 g/mol. The van der Waals surface area contributed by atoms with Gasteiger partial charge in [0.15, 0.2) is 0 Å². The number of nitrogens with one attached hydrogen (secondary N) is 1. The lowest BCUT2D eigenvalue weighted by Gasteiger charge is -2.10. The van der Waals surface area contributed by atoms with Crippen LogP contribution in [0.4, 0.5) is 5.69 Å². The number of carbonyl (C=O) groups is 1. The fourth-order valence-electron chi connectivity index (χ4n) is 1.44. The summed E-state index contributed by atoms with van der Waals surface area (Å²) < 4.78 is 0. The van der Waals surface area contributed by atoms with Crippen LogP contribution in [0.2, 0.25) is 5.02 Å². The lowest BCUT2D eigenvalue weighted by molar-refractivity contribution is -0.109. The van der Waals surface area contributed by atoms with Crippen LogP contribution >= 0.6 is 23.2 Å². The first-order valence-corrected chi connectivity index (χ1v) is 5.78. The number of carbonyl (C=O) groups excluding carboxylic acids is 1. The third-order valence-corrected chi connectivity index (χ3v) is 3.01. The van der Waals surface area contributed by atoms with E-state index in [2.05, 4.69) is 4.99 Å². The second kappa shape index (κ2) is 4.92. The summed E-state index contributed by atoms with van der Waals surface area (Å²) in [5, 5.41) is 17.1. The number of halogens is 2. The smallest absolute Gasteiger partial charge is 0.201 e. The molecule has 0 radical (unpaired) electrons. The van der Waals surface area contributed by atoms with Crippen LogP contribution in [0, 0.1) is 5.41 Å². The van der Waals surface area contributed by atoms with Crippen molar-refractivity contribution in [1.82, 2.24) is 0 Å². The van der Waals surface area contributed by atoms with E-state index in [4.69, 9.17) is 28.6 Å². The molecule has 0 bridgehead atoms. The third-order valence-electron chi connectivity index (χ3n) is 2.37. The van der Waals surface area contributed by atoms with Gasteiger partial charge in [-0.3, -0.25) is 4.79 Å². The first kappa shape index (κ1) is 12.8. The topological polar surface area (TPSA) is 73.5 Å². The Morgan fingerprint density at radius 1 is 1.33 bits per heavy atom. The van der Waals surface area contributed by atoms with Gasteiger partial charge in [-0.15, -0.1) is 0 Å². The lowest BCUT2D eigenvalue weighted by atomic mass is 10.0. The highest BCUT2D eigenvalue weighted by atomic mass is 35.5. The van der Waals surface area contributed by atoms with Crippen molar-refractivity contribution in [2.24, 2.45) is 4.99 Å². The van der Waals surface area contributed by atoms with Crippen molar-refractivity contribution in [2.45, 2.75) is 6.42 Å². The second-order valence-corrected chi connectivity index (χ2v) is 4.52. The number of hydrogen-bond acceptors (Lipinski definition) is 4. The molecule has 0 unspecified atom stereocenters. The molecule has 0 heterocycles. The molecule has 92 valence electrons. The van der Waals surface area contributed by atoms with Crippen molar-refractivity contribution in [2.75, 3.05) is 0 Å². The van der Waals surface area contributed by atoms with Crippen molar-refractivity contribution < 1.29 is 9.90 Å². The Bertz CT molecular complexity index is 606. The maximum absolute atomic E-state index is 11.6. The Hall–Kier alpha value is -1.65. The molecular weight excluding hydrogens is 275 g/mol. The SMILES string of the molecule is N=C1CC(=Nc2ccc(O)c(Cl)c2)C(=O)C=C1Cl. The number of rotatable bonds is 1. The van der Waals surface area contributed by atoms with Crippen molar-refractivity contribution >= 4 is 46.1 Å². The highest BCUT2D eigenvalue weighted by molar-refractivity contribution is 6.57. The molecule has 6 heteroatoms. The van der Waals surface area contributed by atoms with Crippen molar-refractivity contribution in [3.8, 4) is 5.75 Å². The molecule has 1 aliphatic rings. The Morgan fingerprint density at radius 3 is 2.72 bits per heavy atom. The molecule has 4 nitrogen and oxygen atoms in total. The van der Waals surface area contributed by atoms with Gasteiger partial charge in [0.2, 0.25) is 5.78 Å². The molecule has 0 amide bonds. The number of ketones is 1. The largest absolute Gasteiger partial charge is 0.506 e. The predicted octanol–water partition coefficient (Wildman–Crippen LogP) is 3.23. The number of benzene rings is 1. The number of phenols is 1. The summed E-state index contributed by atoms with van der Waals surface area (Å²) in [5.74, 6) is -0.369. The first-order valence-electron chi connectivity index (χ1n) is 5.03. The summed E-state index contributed by atoms with van der Waals surface area (Å²) in [6.07, 6.45) is 1.26. The Balaban J connectivity index is 2.37. The van der Waals surface area contributed by atoms with Crippen LogP contribution < -0.4 is 0 Å². The Kier molecular flexibility index (Phi) is 3.50. The first-order chi connectivity index (χ1) is 8.47. The zero-order chi connectivity index (χ0) is 13.3. The van der Waals surface area contributed by atoms with Crippen molar-refractivity contribution in [1.29, 1.82) is 5.41 Å². The zero-order valence-electron chi connectivity index (χ0n) is 9.08. The molecule has 0 saturated heterocycles. The molecule has 0 spiro atoms. The van der Waals surface area contributed by atoms with Crippen LogP contribution in [0.15, 0.2) is 34.3 Å². The summed E-state index contributed by atoms with van der Waals surface area (Å²) in [6.45, 7) is 0. The summed E-state index contributed by atoms with van der Waals surface area (Å²) in [4.78, 5) is 15.7. The summed E-state index contributed by atoms with van der Waals surface area (Å²) >= 11 is 11.4. The van der Waals surface area contributed by atoms with Crippen LogP contribution in [0.5, 0.6) is 5.75 Å². The minimum absolute atomic E-state index is 0.0497. The fourth-order valence-corrected chi connectivity index (χ4v) is 1.78. The summed E-state index contributed by atoms with van der Waals surface area (Å²) in [5.41, 5.74) is 0.825. The highest BCUT2D eigenvalue weighted by Gasteiger charge is 2.20. The van der Waals surface area contributed by atoms with E-state index in [-0.39, 0.29) is 39.4 Å². The molecule has 0 aromatic heterocycles. The molecular formula is C12H8Cl2N2O2. The predicted molar refractivity (Wildman–Crippen MR) is 71.5 cm³/mol. The highest BCUT2D eigenvalue weighted by Crippen LogP contribution is 2.28. The van der Waals surface area contributed by atoms with E-state index in [1.54, 1.807) is 0 Å². The number of allylic oxidation sites excluding steroid dienone is 2. The van der Waals surface area contributed by atoms with E-state index < -0.39 is 0 Å². The van der Waals surface area contributed by atoms with E-state index in [1.165, 1.54) is 24.3 Å². The Morgan fingerprint density at radius 2 is 2.06 bits per heavy atom. The van der Waals surface area contributed by atoms with E-state index in [0.717, 1.165) is 0 Å². The van der Waals surface area contributed by atoms with Crippen molar-refractivity contribution in [3.63, 3.8) is 0 Å². The molecule has 0 saturated carbocycles. The second-order valence-electron chi connectivity index (χ2n) is 3.71. The van der Waals surface area contributed by atoms with Gasteiger partial charge in [-0.1, -0.05) is 23.2 Å². The molecule has 0 fully saturated rings. The third kappa shape index (κ3) is 2.60. The van der Waals surface area contributed by atoms with Crippen LogP contribution in [-0.4, -0.2) is 22.3 Å². The van der Waals surface area contributed by atoms with Crippen LogP contribution in [0.25, 0.3) is 0 Å². The van der Waals surface area contributed by atoms with Gasteiger partial charge in [-0.25, -0.2) is 4.99 Å². The molecule has 1 aromatic carbocycles. The normalized spacial score (nSPS) is 18.1. The van der Waals surface area contributed by atoms with Gasteiger partial charge < -0.3 is 10.5 Å². The van der Waals surface area contributed by atoms with Gasteiger partial charge in [0, 0.05) is 12.5 Å². The number of hydrogen-bond donors (Lipinski definition) is 2. The number of aliphatic imine (C=N–C) groups is 1. The van der Waals surface area contributed by atoms with Crippen LogP contribution in [-0.2, 0) is 4.79 Å². The maximum atomic E-state index is 11.6. The number of aromatic hydroxyl groups is 1. The molecule has 2 rings (SSSR count). The minimum Gasteiger partial charge on any atom is -0.506 e. The molecule has 2 N–H and O–H groups in total. The summed E-state index contributed by atoms with van der Waals surface area (Å²) in [6, 6.07) is 4.37. The van der Waals surface area contributed by atoms with E-state index in [9.17, 15) is 9.90 Å². The standard InChI is InChI=1S/C12H8Cl2N2O2/c13-7-4-12(18)10(5-9(7)15)16-6-1-2-11(17)8(14)3-6/h1-4,15,17H,5H2. The fraction of sp³-hybridized carbons (Fsp3) is 0.0833. The lowest BCUT2D eigenvalue weighted by Crippen LogP contribution is -2.21. The molecule has 1 aliphatic carbocycles. The zero-order valence-corrected chi connectivity index (χ0v) is 10.6. The average Bonchev–Trinajstić information content (AvgIpc) is 2.31.